The van der Waals surface area contributed by atoms with E-state index in [1.807, 2.05) is 0 Å². The highest BCUT2D eigenvalue weighted by molar-refractivity contribution is 7.99. The summed E-state index contributed by atoms with van der Waals surface area (Å²) in [5.74, 6) is 0.985. The van der Waals surface area contributed by atoms with Crippen molar-refractivity contribution in [1.29, 1.82) is 0 Å². The summed E-state index contributed by atoms with van der Waals surface area (Å²) in [7, 11) is 0. The first-order valence-electron chi connectivity index (χ1n) is 6.34. The van der Waals surface area contributed by atoms with Gasteiger partial charge in [0.05, 0.1) is 12.2 Å². The van der Waals surface area contributed by atoms with Gasteiger partial charge < -0.3 is 9.88 Å². The Kier molecular flexibility index (Phi) is 2.86. The summed E-state index contributed by atoms with van der Waals surface area (Å²) in [5, 5.41) is 4.74. The van der Waals surface area contributed by atoms with E-state index in [-0.39, 0.29) is 5.56 Å². The Labute approximate surface area is 111 Å². The Hall–Kier alpha value is -1.01. The molecule has 0 aliphatic carbocycles. The van der Waals surface area contributed by atoms with E-state index < -0.39 is 0 Å². The number of nitrogens with zero attached hydrogens (tertiary/aromatic N) is 3. The van der Waals surface area contributed by atoms with Crippen molar-refractivity contribution in [2.75, 3.05) is 12.0 Å². The molecule has 0 aromatic carbocycles. The van der Waals surface area contributed by atoms with Crippen LogP contribution >= 0.6 is 11.8 Å². The molecule has 0 bridgehead atoms. The van der Waals surface area contributed by atoms with Crippen molar-refractivity contribution in [3.8, 4) is 0 Å². The number of rotatable bonds is 1. The molecular weight excluding hydrogens is 248 g/mol. The van der Waals surface area contributed by atoms with Crippen molar-refractivity contribution >= 4 is 17.6 Å². The van der Waals surface area contributed by atoms with E-state index in [0.717, 1.165) is 29.8 Å². The first-order chi connectivity index (χ1) is 8.56. The molecule has 3 heterocycles. The van der Waals surface area contributed by atoms with Crippen LogP contribution in [-0.2, 0) is 13.1 Å². The van der Waals surface area contributed by atoms with Gasteiger partial charge in [0, 0.05) is 24.4 Å². The lowest BCUT2D eigenvalue weighted by Gasteiger charge is -2.33. The van der Waals surface area contributed by atoms with Gasteiger partial charge in [0.1, 0.15) is 5.82 Å². The van der Waals surface area contributed by atoms with Crippen LogP contribution in [0.4, 0.5) is 5.82 Å². The Bertz CT molecular complexity index is 540. The molecule has 1 unspecified atom stereocenters. The first-order valence-corrected chi connectivity index (χ1v) is 7.22. The van der Waals surface area contributed by atoms with E-state index in [9.17, 15) is 4.79 Å². The average molecular weight is 266 g/mol. The van der Waals surface area contributed by atoms with Crippen molar-refractivity contribution in [2.45, 2.75) is 50.3 Å². The van der Waals surface area contributed by atoms with Crippen molar-refractivity contribution in [3.05, 3.63) is 15.9 Å². The standard InChI is InChI=1S/C12H18N4OS/c1-7(2)15-5-9-10(13-6-15)16-4-8(3)18-12(16)14-11(9)17/h7-8,13H,4-6H2,1-3H3. The van der Waals surface area contributed by atoms with Crippen LogP contribution < -0.4 is 10.9 Å². The number of anilines is 1. The largest absolute Gasteiger partial charge is 0.358 e. The third-order valence-electron chi connectivity index (χ3n) is 3.53. The molecule has 98 valence electrons. The van der Waals surface area contributed by atoms with Crippen LogP contribution in [0.15, 0.2) is 9.95 Å². The summed E-state index contributed by atoms with van der Waals surface area (Å²) in [5.41, 5.74) is 0.740. The summed E-state index contributed by atoms with van der Waals surface area (Å²) in [4.78, 5) is 18.5. The number of aromatic nitrogens is 2. The molecule has 0 amide bonds. The molecule has 0 saturated carbocycles. The van der Waals surface area contributed by atoms with Gasteiger partial charge in [-0.25, -0.2) is 0 Å². The molecular formula is C12H18N4OS. The third-order valence-corrected chi connectivity index (χ3v) is 4.60. The van der Waals surface area contributed by atoms with Gasteiger partial charge in [0.15, 0.2) is 5.16 Å². The summed E-state index contributed by atoms with van der Waals surface area (Å²) in [6, 6.07) is 0.427. The van der Waals surface area contributed by atoms with Crippen LogP contribution in [0.2, 0.25) is 0 Å². The highest BCUT2D eigenvalue weighted by Crippen LogP contribution is 2.34. The fraction of sp³-hybridized carbons (Fsp3) is 0.667. The highest BCUT2D eigenvalue weighted by Gasteiger charge is 2.29. The zero-order chi connectivity index (χ0) is 12.9. The SMILES string of the molecule is CC1Cn2c(nc(=O)c3c2NCN(C(C)C)C3)S1. The molecule has 5 nitrogen and oxygen atoms in total. The van der Waals surface area contributed by atoms with Crippen LogP contribution in [0.5, 0.6) is 0 Å². The van der Waals surface area contributed by atoms with Crippen LogP contribution in [0.25, 0.3) is 0 Å². The summed E-state index contributed by atoms with van der Waals surface area (Å²) in [6.45, 7) is 8.88. The van der Waals surface area contributed by atoms with Crippen LogP contribution in [0.1, 0.15) is 26.3 Å². The Morgan fingerprint density at radius 3 is 3.00 bits per heavy atom. The quantitative estimate of drug-likeness (QED) is 0.777. The topological polar surface area (TPSA) is 50.2 Å². The fourth-order valence-electron chi connectivity index (χ4n) is 2.45. The van der Waals surface area contributed by atoms with E-state index >= 15 is 0 Å². The molecule has 0 fully saturated rings. The molecule has 1 aromatic heterocycles. The Morgan fingerprint density at radius 1 is 1.50 bits per heavy atom. The van der Waals surface area contributed by atoms with E-state index in [2.05, 4.69) is 40.5 Å². The fourth-order valence-corrected chi connectivity index (χ4v) is 3.47. The minimum Gasteiger partial charge on any atom is -0.358 e. The van der Waals surface area contributed by atoms with Crippen LogP contribution in [0, 0.1) is 0 Å². The molecule has 2 aliphatic heterocycles. The second-order valence-electron chi connectivity index (χ2n) is 5.24. The van der Waals surface area contributed by atoms with Gasteiger partial charge in [-0.3, -0.25) is 9.69 Å². The molecule has 1 N–H and O–H groups in total. The molecule has 6 heteroatoms. The van der Waals surface area contributed by atoms with E-state index in [1.165, 1.54) is 0 Å². The number of nitrogens with one attached hydrogen (secondary N) is 1. The lowest BCUT2D eigenvalue weighted by molar-refractivity contribution is 0.217. The van der Waals surface area contributed by atoms with Crippen molar-refractivity contribution in [1.82, 2.24) is 14.5 Å². The molecule has 2 aliphatic rings. The molecule has 1 aromatic rings. The minimum atomic E-state index is -0.0734. The third kappa shape index (κ3) is 1.83. The van der Waals surface area contributed by atoms with Gasteiger partial charge in [0.25, 0.3) is 5.56 Å². The predicted octanol–water partition coefficient (Wildman–Crippen LogP) is 1.33. The van der Waals surface area contributed by atoms with Gasteiger partial charge in [-0.1, -0.05) is 18.7 Å². The lowest BCUT2D eigenvalue weighted by Crippen LogP contribution is -2.42. The first kappa shape index (κ1) is 12.0. The smallest absolute Gasteiger partial charge is 0.280 e. The molecule has 0 saturated heterocycles. The molecule has 3 rings (SSSR count). The van der Waals surface area contributed by atoms with Gasteiger partial charge in [-0.15, -0.1) is 0 Å². The van der Waals surface area contributed by atoms with Crippen LogP contribution in [0.3, 0.4) is 0 Å². The van der Waals surface area contributed by atoms with Crippen molar-refractivity contribution in [2.24, 2.45) is 0 Å². The van der Waals surface area contributed by atoms with Crippen molar-refractivity contribution < 1.29 is 0 Å². The number of fused-ring (bicyclic) bond motifs is 3. The normalized spacial score (nSPS) is 22.8. The summed E-state index contributed by atoms with van der Waals surface area (Å²) >= 11 is 1.68. The average Bonchev–Trinajstić information content (AvgIpc) is 2.69. The second-order valence-corrected chi connectivity index (χ2v) is 6.65. The summed E-state index contributed by atoms with van der Waals surface area (Å²) in [6.07, 6.45) is 0. The Morgan fingerprint density at radius 2 is 2.28 bits per heavy atom. The lowest BCUT2D eigenvalue weighted by atomic mass is 10.2. The monoisotopic (exact) mass is 266 g/mol. The second kappa shape index (κ2) is 4.28. The molecule has 0 spiro atoms. The maximum atomic E-state index is 12.1. The van der Waals surface area contributed by atoms with E-state index in [4.69, 9.17) is 0 Å². The molecule has 1 atom stereocenters. The maximum Gasteiger partial charge on any atom is 0.280 e. The van der Waals surface area contributed by atoms with Gasteiger partial charge in [-0.05, 0) is 13.8 Å². The summed E-state index contributed by atoms with van der Waals surface area (Å²) < 4.78 is 2.16. The minimum absolute atomic E-state index is 0.0734. The number of hydrogen-bond donors (Lipinski definition) is 1. The van der Waals surface area contributed by atoms with Crippen molar-refractivity contribution in [3.63, 3.8) is 0 Å². The number of hydrogen-bond acceptors (Lipinski definition) is 5. The van der Waals surface area contributed by atoms with Gasteiger partial charge >= 0.3 is 0 Å². The van der Waals surface area contributed by atoms with Gasteiger partial charge in [0.2, 0.25) is 0 Å². The van der Waals surface area contributed by atoms with E-state index in [1.54, 1.807) is 11.8 Å². The van der Waals surface area contributed by atoms with Crippen LogP contribution in [-0.4, -0.2) is 32.4 Å². The van der Waals surface area contributed by atoms with Gasteiger partial charge in [-0.2, -0.15) is 4.98 Å². The van der Waals surface area contributed by atoms with E-state index in [0.29, 0.717) is 17.8 Å². The molecule has 18 heavy (non-hydrogen) atoms. The maximum absolute atomic E-state index is 12.1. The number of thioether (sulfide) groups is 1. The Balaban J connectivity index is 2.05. The molecule has 0 radical (unpaired) electrons. The predicted molar refractivity (Wildman–Crippen MR) is 73.0 cm³/mol. The highest BCUT2D eigenvalue weighted by atomic mass is 32.2. The zero-order valence-electron chi connectivity index (χ0n) is 10.9. The zero-order valence-corrected chi connectivity index (χ0v) is 11.8.